The van der Waals surface area contributed by atoms with Gasteiger partial charge in [0.05, 0.1) is 0 Å². The first kappa shape index (κ1) is 10.1. The minimum atomic E-state index is 0.307. The van der Waals surface area contributed by atoms with Crippen LogP contribution in [0.4, 0.5) is 0 Å². The zero-order chi connectivity index (χ0) is 11.0. The van der Waals surface area contributed by atoms with Crippen molar-refractivity contribution >= 4 is 35.9 Å². The van der Waals surface area contributed by atoms with E-state index in [1.165, 1.54) is 14.4 Å². The third-order valence-electron chi connectivity index (χ3n) is 2.37. The molecule has 3 aromatic rings. The fourth-order valence-corrected chi connectivity index (χ4v) is 3.77. The van der Waals surface area contributed by atoms with Crippen molar-refractivity contribution in [3.63, 3.8) is 0 Å². The van der Waals surface area contributed by atoms with Crippen LogP contribution in [0.25, 0.3) is 19.9 Å². The molecule has 1 nitrogen and oxygen atoms in total. The van der Waals surface area contributed by atoms with E-state index in [2.05, 4.69) is 23.2 Å². The summed E-state index contributed by atoms with van der Waals surface area (Å²) in [6, 6.07) is 16.3. The number of rotatable bonds is 1. The molecule has 3 rings (SSSR count). The van der Waals surface area contributed by atoms with Crippen molar-refractivity contribution in [1.29, 1.82) is 0 Å². The molecule has 0 saturated heterocycles. The molecule has 0 aliphatic rings. The van der Waals surface area contributed by atoms with E-state index < -0.39 is 0 Å². The first-order valence-electron chi connectivity index (χ1n) is 4.94. The van der Waals surface area contributed by atoms with Crippen molar-refractivity contribution < 1.29 is 0 Å². The number of hydrogen-bond acceptors (Lipinski definition) is 1. The molecule has 0 aliphatic carbocycles. The van der Waals surface area contributed by atoms with Gasteiger partial charge < -0.3 is 0 Å². The number of aromatic nitrogens is 1. The van der Waals surface area contributed by atoms with Gasteiger partial charge in [-0.3, -0.25) is 0 Å². The summed E-state index contributed by atoms with van der Waals surface area (Å²) >= 11 is 6.26. The Kier molecular flexibility index (Phi) is 2.56. The van der Waals surface area contributed by atoms with Crippen molar-refractivity contribution in [1.82, 2.24) is 4.98 Å². The third kappa shape index (κ3) is 1.80. The summed E-state index contributed by atoms with van der Waals surface area (Å²) in [5.41, 5.74) is 2.25. The van der Waals surface area contributed by atoms with Crippen LogP contribution < -0.4 is 0 Å². The predicted molar refractivity (Wildman–Crippen MR) is 69.1 cm³/mol. The van der Waals surface area contributed by atoms with Crippen LogP contribution in [0.5, 0.6) is 0 Å². The fraction of sp³-hybridized carbons (Fsp3) is 0. The zero-order valence-electron chi connectivity index (χ0n) is 8.35. The second-order valence-corrected chi connectivity index (χ2v) is 6.10. The number of hydrogen-bond donors (Lipinski definition) is 0. The van der Waals surface area contributed by atoms with Gasteiger partial charge in [0, 0.05) is 0 Å². The standard InChI is InChI=1S/C13H8ClNSe/c14-10-6-7-12-11(8-10)15-13(16-12)9-4-2-1-3-5-9/h1-8H. The molecule has 3 heteroatoms. The van der Waals surface area contributed by atoms with Gasteiger partial charge in [-0.2, -0.15) is 0 Å². The van der Waals surface area contributed by atoms with Gasteiger partial charge in [-0.25, -0.2) is 0 Å². The van der Waals surface area contributed by atoms with Crippen LogP contribution in [0.1, 0.15) is 0 Å². The van der Waals surface area contributed by atoms with E-state index in [0.29, 0.717) is 14.5 Å². The topological polar surface area (TPSA) is 12.9 Å². The Morgan fingerprint density at radius 1 is 1.00 bits per heavy atom. The number of halogens is 1. The molecule has 2 aromatic carbocycles. The van der Waals surface area contributed by atoms with Gasteiger partial charge >= 0.3 is 105 Å². The first-order valence-corrected chi connectivity index (χ1v) is 7.03. The molecule has 1 heterocycles. The summed E-state index contributed by atoms with van der Waals surface area (Å²) in [5, 5.41) is 0.757. The Labute approximate surface area is 104 Å². The van der Waals surface area contributed by atoms with Crippen LogP contribution in [-0.4, -0.2) is 19.5 Å². The van der Waals surface area contributed by atoms with Gasteiger partial charge in [-0.1, -0.05) is 0 Å². The summed E-state index contributed by atoms with van der Waals surface area (Å²) < 4.78 is 2.50. The molecular formula is C13H8ClNSe. The van der Waals surface area contributed by atoms with E-state index in [1.54, 1.807) is 0 Å². The number of fused-ring (bicyclic) bond motifs is 1. The van der Waals surface area contributed by atoms with Crippen LogP contribution in [0.15, 0.2) is 48.5 Å². The predicted octanol–water partition coefficient (Wildman–Crippen LogP) is 3.61. The molecule has 0 spiro atoms. The van der Waals surface area contributed by atoms with E-state index in [0.717, 1.165) is 10.5 Å². The van der Waals surface area contributed by atoms with Gasteiger partial charge in [-0.05, 0) is 0 Å². The number of nitrogens with zero attached hydrogens (tertiary/aromatic N) is 1. The van der Waals surface area contributed by atoms with Gasteiger partial charge in [0.1, 0.15) is 0 Å². The molecule has 0 N–H and O–H groups in total. The second-order valence-electron chi connectivity index (χ2n) is 3.50. The average Bonchev–Trinajstić information content (AvgIpc) is 2.73. The van der Waals surface area contributed by atoms with Gasteiger partial charge in [-0.15, -0.1) is 0 Å². The summed E-state index contributed by atoms with van der Waals surface area (Å²) in [5.74, 6) is 0. The van der Waals surface area contributed by atoms with Crippen molar-refractivity contribution in [2.75, 3.05) is 0 Å². The van der Waals surface area contributed by atoms with E-state index in [9.17, 15) is 0 Å². The Bertz CT molecular complexity index is 631. The van der Waals surface area contributed by atoms with Gasteiger partial charge in [0.2, 0.25) is 0 Å². The molecule has 0 atom stereocenters. The Morgan fingerprint density at radius 2 is 1.81 bits per heavy atom. The zero-order valence-corrected chi connectivity index (χ0v) is 10.8. The Balaban J connectivity index is 2.19. The molecule has 0 bridgehead atoms. The Morgan fingerprint density at radius 3 is 2.62 bits per heavy atom. The van der Waals surface area contributed by atoms with E-state index in [-0.39, 0.29) is 0 Å². The molecule has 0 saturated carbocycles. The first-order chi connectivity index (χ1) is 7.83. The summed E-state index contributed by atoms with van der Waals surface area (Å²) in [7, 11) is 0. The maximum absolute atomic E-state index is 5.95. The summed E-state index contributed by atoms with van der Waals surface area (Å²) in [6.45, 7) is 0. The summed E-state index contributed by atoms with van der Waals surface area (Å²) in [6.07, 6.45) is 0. The van der Waals surface area contributed by atoms with E-state index in [4.69, 9.17) is 11.6 Å². The van der Waals surface area contributed by atoms with Crippen LogP contribution in [0, 0.1) is 0 Å². The molecule has 16 heavy (non-hydrogen) atoms. The Hall–Kier alpha value is -1.08. The monoisotopic (exact) mass is 293 g/mol. The normalized spacial score (nSPS) is 10.8. The summed E-state index contributed by atoms with van der Waals surface area (Å²) in [4.78, 5) is 4.64. The molecule has 0 aliphatic heterocycles. The molecule has 78 valence electrons. The average molecular weight is 293 g/mol. The quantitative estimate of drug-likeness (QED) is 0.624. The van der Waals surface area contributed by atoms with Crippen LogP contribution in [0.3, 0.4) is 0 Å². The van der Waals surface area contributed by atoms with Crippen molar-refractivity contribution in [3.8, 4) is 10.1 Å². The van der Waals surface area contributed by atoms with E-state index in [1.807, 2.05) is 30.3 Å². The van der Waals surface area contributed by atoms with Gasteiger partial charge in [0.25, 0.3) is 0 Å². The SMILES string of the molecule is Clc1ccc2[se]c(-c3ccccc3)nc2c1. The molecule has 0 radical (unpaired) electrons. The van der Waals surface area contributed by atoms with Crippen LogP contribution >= 0.6 is 11.6 Å². The molecule has 0 unspecified atom stereocenters. The third-order valence-corrected chi connectivity index (χ3v) is 4.88. The van der Waals surface area contributed by atoms with E-state index >= 15 is 0 Å². The van der Waals surface area contributed by atoms with Crippen molar-refractivity contribution in [2.24, 2.45) is 0 Å². The minimum absolute atomic E-state index is 0.307. The second kappa shape index (κ2) is 4.06. The van der Waals surface area contributed by atoms with Crippen LogP contribution in [-0.2, 0) is 0 Å². The van der Waals surface area contributed by atoms with Crippen molar-refractivity contribution in [2.45, 2.75) is 0 Å². The maximum atomic E-state index is 5.95. The fourth-order valence-electron chi connectivity index (χ4n) is 1.60. The molecule has 1 aromatic heterocycles. The van der Waals surface area contributed by atoms with Gasteiger partial charge in [0.15, 0.2) is 0 Å². The number of benzene rings is 2. The van der Waals surface area contributed by atoms with Crippen LogP contribution in [0.2, 0.25) is 5.02 Å². The molecular weight excluding hydrogens is 285 g/mol. The molecule has 0 amide bonds. The molecule has 0 fully saturated rings. The van der Waals surface area contributed by atoms with Crippen molar-refractivity contribution in [3.05, 3.63) is 53.6 Å².